The zero-order valence-electron chi connectivity index (χ0n) is 10.7. The topological polar surface area (TPSA) is 41.1 Å². The van der Waals surface area contributed by atoms with Crippen LogP contribution in [0.3, 0.4) is 0 Å². The van der Waals surface area contributed by atoms with Gasteiger partial charge < -0.3 is 10.2 Å². The van der Waals surface area contributed by atoms with E-state index in [9.17, 15) is 4.39 Å². The summed E-state index contributed by atoms with van der Waals surface area (Å²) in [6, 6.07) is 5.00. The number of hydrogen-bond donors (Lipinski definition) is 1. The second-order valence-electron chi connectivity index (χ2n) is 4.52. The summed E-state index contributed by atoms with van der Waals surface area (Å²) in [7, 11) is 0. The van der Waals surface area contributed by atoms with E-state index in [1.807, 2.05) is 13.0 Å². The number of fused-ring (bicyclic) bond motifs is 1. The van der Waals surface area contributed by atoms with Crippen LogP contribution in [0.2, 0.25) is 0 Å². The van der Waals surface area contributed by atoms with Crippen LogP contribution in [0.1, 0.15) is 18.2 Å². The van der Waals surface area contributed by atoms with Crippen molar-refractivity contribution in [1.82, 2.24) is 9.59 Å². The average Bonchev–Trinajstić information content (AvgIpc) is 2.99. The first-order chi connectivity index (χ1) is 9.28. The third kappa shape index (κ3) is 2.40. The van der Waals surface area contributed by atoms with Crippen LogP contribution in [0.25, 0.3) is 0 Å². The lowest BCUT2D eigenvalue weighted by atomic mass is 10.2. The Bertz CT molecular complexity index is 584. The van der Waals surface area contributed by atoms with Gasteiger partial charge in [0.15, 0.2) is 0 Å². The molecule has 0 radical (unpaired) electrons. The van der Waals surface area contributed by atoms with Gasteiger partial charge in [-0.05, 0) is 31.0 Å². The summed E-state index contributed by atoms with van der Waals surface area (Å²) in [5.41, 5.74) is 3.12. The van der Waals surface area contributed by atoms with E-state index in [0.29, 0.717) is 6.54 Å². The van der Waals surface area contributed by atoms with Crippen LogP contribution in [0, 0.1) is 5.82 Å². The smallest absolute Gasteiger partial charge is 0.135 e. The number of halogens is 1. The molecule has 1 N–H and O–H groups in total. The highest BCUT2D eigenvalue weighted by molar-refractivity contribution is 7.10. The zero-order valence-corrected chi connectivity index (χ0v) is 11.5. The minimum atomic E-state index is -0.186. The van der Waals surface area contributed by atoms with Crippen molar-refractivity contribution in [1.29, 1.82) is 0 Å². The molecule has 1 aromatic heterocycles. The molecule has 0 unspecified atom stereocenters. The fourth-order valence-corrected chi connectivity index (χ4v) is 3.01. The summed E-state index contributed by atoms with van der Waals surface area (Å²) >= 11 is 1.37. The summed E-state index contributed by atoms with van der Waals surface area (Å²) in [5, 5.41) is 8.43. The van der Waals surface area contributed by atoms with Crippen LogP contribution >= 0.6 is 11.5 Å². The maximum atomic E-state index is 13.3. The van der Waals surface area contributed by atoms with Crippen molar-refractivity contribution in [3.63, 3.8) is 0 Å². The first-order valence-corrected chi connectivity index (χ1v) is 7.13. The van der Waals surface area contributed by atoms with Crippen LogP contribution in [0.4, 0.5) is 15.1 Å². The van der Waals surface area contributed by atoms with E-state index < -0.39 is 0 Å². The lowest BCUT2D eigenvalue weighted by Gasteiger charge is -2.18. The van der Waals surface area contributed by atoms with Crippen LogP contribution < -0.4 is 10.2 Å². The summed E-state index contributed by atoms with van der Waals surface area (Å²) in [6.45, 7) is 4.48. The van der Waals surface area contributed by atoms with Gasteiger partial charge in [-0.25, -0.2) is 4.39 Å². The van der Waals surface area contributed by atoms with Crippen molar-refractivity contribution in [3.8, 4) is 0 Å². The van der Waals surface area contributed by atoms with Gasteiger partial charge in [-0.2, -0.15) is 0 Å². The molecule has 2 aromatic rings. The zero-order chi connectivity index (χ0) is 13.2. The maximum Gasteiger partial charge on any atom is 0.135 e. The van der Waals surface area contributed by atoms with E-state index in [4.69, 9.17) is 0 Å². The third-order valence-electron chi connectivity index (χ3n) is 3.27. The Balaban J connectivity index is 1.82. The first-order valence-electron chi connectivity index (χ1n) is 6.36. The summed E-state index contributed by atoms with van der Waals surface area (Å²) < 4.78 is 17.3. The van der Waals surface area contributed by atoms with Crippen molar-refractivity contribution >= 4 is 22.2 Å². The summed E-state index contributed by atoms with van der Waals surface area (Å²) in [4.78, 5) is 2.16. The Morgan fingerprint density at radius 3 is 3.21 bits per heavy atom. The van der Waals surface area contributed by atoms with E-state index in [-0.39, 0.29) is 5.82 Å². The number of nitrogens with zero attached hydrogens (tertiary/aromatic N) is 3. The molecule has 19 heavy (non-hydrogen) atoms. The van der Waals surface area contributed by atoms with Crippen LogP contribution in [0.15, 0.2) is 18.2 Å². The van der Waals surface area contributed by atoms with E-state index in [2.05, 4.69) is 19.8 Å². The highest BCUT2D eigenvalue weighted by atomic mass is 32.1. The van der Waals surface area contributed by atoms with Gasteiger partial charge in [0, 0.05) is 30.3 Å². The predicted molar refractivity (Wildman–Crippen MR) is 75.2 cm³/mol. The molecule has 1 aromatic carbocycles. The van der Waals surface area contributed by atoms with Gasteiger partial charge in [0.2, 0.25) is 0 Å². The molecule has 4 nitrogen and oxygen atoms in total. The quantitative estimate of drug-likeness (QED) is 0.933. The predicted octanol–water partition coefficient (Wildman–Crippen LogP) is 2.67. The molecule has 6 heteroatoms. The normalized spacial score (nSPS) is 13.7. The van der Waals surface area contributed by atoms with E-state index in [1.54, 1.807) is 6.07 Å². The molecule has 0 saturated carbocycles. The van der Waals surface area contributed by atoms with Crippen LogP contribution in [-0.4, -0.2) is 22.7 Å². The second kappa shape index (κ2) is 5.13. The van der Waals surface area contributed by atoms with Gasteiger partial charge in [-0.1, -0.05) is 10.6 Å². The molecule has 0 spiro atoms. The Kier molecular flexibility index (Phi) is 3.33. The van der Waals surface area contributed by atoms with Gasteiger partial charge in [-0.15, -0.1) is 5.10 Å². The highest BCUT2D eigenvalue weighted by Crippen LogP contribution is 2.31. The largest absolute Gasteiger partial charge is 0.374 e. The monoisotopic (exact) mass is 278 g/mol. The molecule has 3 rings (SSSR count). The van der Waals surface area contributed by atoms with Gasteiger partial charge in [0.05, 0.1) is 6.54 Å². The number of rotatable bonds is 4. The van der Waals surface area contributed by atoms with Crippen LogP contribution in [0.5, 0.6) is 0 Å². The molecule has 0 saturated heterocycles. The fourth-order valence-electron chi connectivity index (χ4n) is 2.37. The number of hydrogen-bond acceptors (Lipinski definition) is 5. The molecule has 0 aliphatic carbocycles. The average molecular weight is 278 g/mol. The SMILES string of the molecule is CCNc1snnc1CN1CCc2ccc(F)cc21. The van der Waals surface area contributed by atoms with E-state index in [1.165, 1.54) is 23.2 Å². The lowest BCUT2D eigenvalue weighted by Crippen LogP contribution is -2.20. The van der Waals surface area contributed by atoms with E-state index in [0.717, 1.165) is 35.9 Å². The third-order valence-corrected chi connectivity index (χ3v) is 4.00. The Labute approximate surface area is 115 Å². The van der Waals surface area contributed by atoms with Gasteiger partial charge in [0.25, 0.3) is 0 Å². The second-order valence-corrected chi connectivity index (χ2v) is 5.28. The molecule has 0 bridgehead atoms. The van der Waals surface area contributed by atoms with Crippen molar-refractivity contribution in [2.45, 2.75) is 19.9 Å². The lowest BCUT2D eigenvalue weighted by molar-refractivity contribution is 0.627. The van der Waals surface area contributed by atoms with Gasteiger partial charge in [0.1, 0.15) is 16.5 Å². The Morgan fingerprint density at radius 2 is 2.37 bits per heavy atom. The molecule has 0 amide bonds. The van der Waals surface area contributed by atoms with Crippen LogP contribution in [-0.2, 0) is 13.0 Å². The van der Waals surface area contributed by atoms with Gasteiger partial charge >= 0.3 is 0 Å². The molecule has 1 aliphatic heterocycles. The molecule has 2 heterocycles. The summed E-state index contributed by atoms with van der Waals surface area (Å²) in [6.07, 6.45) is 0.962. The minimum absolute atomic E-state index is 0.186. The molecule has 1 aliphatic rings. The molecular formula is C13H15FN4S. The molecular weight excluding hydrogens is 263 g/mol. The Morgan fingerprint density at radius 1 is 1.47 bits per heavy atom. The van der Waals surface area contributed by atoms with Crippen molar-refractivity contribution in [2.24, 2.45) is 0 Å². The number of benzene rings is 1. The number of aromatic nitrogens is 2. The minimum Gasteiger partial charge on any atom is -0.374 e. The maximum absolute atomic E-state index is 13.3. The standard InChI is InChI=1S/C13H15FN4S/c1-2-15-13-11(16-17-19-13)8-18-6-5-9-3-4-10(14)7-12(9)18/h3-4,7,15H,2,5-6,8H2,1H3. The molecule has 0 fully saturated rings. The van der Waals surface area contributed by atoms with Crippen molar-refractivity contribution in [2.75, 3.05) is 23.3 Å². The first kappa shape index (κ1) is 12.3. The van der Waals surface area contributed by atoms with Crippen molar-refractivity contribution in [3.05, 3.63) is 35.3 Å². The number of nitrogens with one attached hydrogen (secondary N) is 1. The molecule has 100 valence electrons. The molecule has 0 atom stereocenters. The summed E-state index contributed by atoms with van der Waals surface area (Å²) in [5.74, 6) is -0.186. The van der Waals surface area contributed by atoms with Crippen molar-refractivity contribution < 1.29 is 4.39 Å². The number of anilines is 2. The Hall–Kier alpha value is -1.69. The van der Waals surface area contributed by atoms with E-state index >= 15 is 0 Å². The highest BCUT2D eigenvalue weighted by Gasteiger charge is 2.21. The van der Waals surface area contributed by atoms with Gasteiger partial charge in [-0.3, -0.25) is 0 Å². The fraction of sp³-hybridized carbons (Fsp3) is 0.385.